The number of nitrogens with one attached hydrogen (secondary N) is 2. The minimum atomic E-state index is -3.46. The fourth-order valence-corrected chi connectivity index (χ4v) is 3.12. The molecule has 110 valence electrons. The van der Waals surface area contributed by atoms with Gasteiger partial charge in [-0.3, -0.25) is 0 Å². The van der Waals surface area contributed by atoms with Gasteiger partial charge in [-0.1, -0.05) is 13.8 Å². The first-order valence-corrected chi connectivity index (χ1v) is 8.21. The van der Waals surface area contributed by atoms with Crippen molar-refractivity contribution in [2.45, 2.75) is 44.7 Å². The van der Waals surface area contributed by atoms with Crippen molar-refractivity contribution in [1.29, 1.82) is 0 Å². The van der Waals surface area contributed by atoms with E-state index in [1.807, 2.05) is 6.92 Å². The molecule has 0 saturated carbocycles. The largest absolute Gasteiger partial charge is 0.335 e. The minimum absolute atomic E-state index is 0.0798. The molecule has 0 radical (unpaired) electrons. The molecule has 7 heteroatoms. The first-order chi connectivity index (χ1) is 8.99. The number of nitrogens with zero attached hydrogens (tertiary/aromatic N) is 2. The summed E-state index contributed by atoms with van der Waals surface area (Å²) in [7, 11) is -3.46. The van der Waals surface area contributed by atoms with E-state index in [1.165, 1.54) is 12.5 Å². The van der Waals surface area contributed by atoms with Crippen LogP contribution in [0.2, 0.25) is 0 Å². The van der Waals surface area contributed by atoms with Crippen LogP contribution < -0.4 is 4.72 Å². The molecule has 0 aliphatic carbocycles. The van der Waals surface area contributed by atoms with Gasteiger partial charge in [-0.25, -0.2) is 18.1 Å². The van der Waals surface area contributed by atoms with Crippen molar-refractivity contribution in [2.24, 2.45) is 0 Å². The van der Waals surface area contributed by atoms with Gasteiger partial charge in [0.25, 0.3) is 10.0 Å². The molecular formula is C12H24N4O2S. The Morgan fingerprint density at radius 3 is 2.63 bits per heavy atom. The number of imidazole rings is 1. The standard InChI is InChI=1S/C12H24N4O2S/c1-4-16(5-2)8-6-7-11(3)15-19(17,18)12-9-13-10-14-12/h9-11,15H,4-8H2,1-3H3,(H,13,14). The number of sulfonamides is 1. The molecule has 1 atom stereocenters. The molecule has 0 saturated heterocycles. The fourth-order valence-electron chi connectivity index (χ4n) is 1.94. The average Bonchev–Trinajstić information content (AvgIpc) is 2.88. The lowest BCUT2D eigenvalue weighted by Gasteiger charge is -2.19. The molecule has 1 unspecified atom stereocenters. The molecule has 0 aromatic carbocycles. The molecule has 19 heavy (non-hydrogen) atoms. The Morgan fingerprint density at radius 2 is 2.11 bits per heavy atom. The van der Waals surface area contributed by atoms with Gasteiger partial charge in [0.1, 0.15) is 0 Å². The summed E-state index contributed by atoms with van der Waals surface area (Å²) in [5.74, 6) is 0. The van der Waals surface area contributed by atoms with E-state index in [-0.39, 0.29) is 11.1 Å². The zero-order valence-electron chi connectivity index (χ0n) is 11.9. The van der Waals surface area contributed by atoms with Crippen LogP contribution in [0.25, 0.3) is 0 Å². The van der Waals surface area contributed by atoms with Crippen LogP contribution in [-0.2, 0) is 10.0 Å². The molecule has 1 aromatic rings. The smallest absolute Gasteiger partial charge is 0.257 e. The van der Waals surface area contributed by atoms with Crippen molar-refractivity contribution in [3.05, 3.63) is 12.5 Å². The molecular weight excluding hydrogens is 264 g/mol. The van der Waals surface area contributed by atoms with Crippen LogP contribution >= 0.6 is 0 Å². The second kappa shape index (κ2) is 7.62. The zero-order valence-corrected chi connectivity index (χ0v) is 12.7. The number of rotatable bonds is 9. The topological polar surface area (TPSA) is 78.1 Å². The molecule has 6 nitrogen and oxygen atoms in total. The first-order valence-electron chi connectivity index (χ1n) is 6.72. The highest BCUT2D eigenvalue weighted by molar-refractivity contribution is 7.89. The van der Waals surface area contributed by atoms with E-state index in [0.29, 0.717) is 0 Å². The van der Waals surface area contributed by atoms with Gasteiger partial charge in [-0.15, -0.1) is 0 Å². The predicted octanol–water partition coefficient (Wildman–Crippen LogP) is 1.20. The summed E-state index contributed by atoms with van der Waals surface area (Å²) in [5.41, 5.74) is 0. The molecule has 1 rings (SSSR count). The van der Waals surface area contributed by atoms with Gasteiger partial charge in [-0.05, 0) is 39.4 Å². The van der Waals surface area contributed by atoms with Crippen molar-refractivity contribution in [3.8, 4) is 0 Å². The average molecular weight is 288 g/mol. The van der Waals surface area contributed by atoms with Crippen LogP contribution in [0, 0.1) is 0 Å². The third-order valence-corrected chi connectivity index (χ3v) is 4.64. The van der Waals surface area contributed by atoms with Gasteiger partial charge < -0.3 is 9.88 Å². The van der Waals surface area contributed by atoms with Crippen molar-refractivity contribution in [3.63, 3.8) is 0 Å². The highest BCUT2D eigenvalue weighted by Crippen LogP contribution is 2.06. The van der Waals surface area contributed by atoms with E-state index < -0.39 is 10.0 Å². The second-order valence-electron chi connectivity index (χ2n) is 4.61. The fraction of sp³-hybridized carbons (Fsp3) is 0.750. The van der Waals surface area contributed by atoms with Crippen molar-refractivity contribution >= 4 is 10.0 Å². The Hall–Kier alpha value is -0.920. The van der Waals surface area contributed by atoms with E-state index in [1.54, 1.807) is 0 Å². The molecule has 0 aliphatic rings. The van der Waals surface area contributed by atoms with Gasteiger partial charge in [-0.2, -0.15) is 0 Å². The van der Waals surface area contributed by atoms with E-state index in [0.717, 1.165) is 32.5 Å². The van der Waals surface area contributed by atoms with Crippen LogP contribution in [-0.4, -0.2) is 49.0 Å². The lowest BCUT2D eigenvalue weighted by Crippen LogP contribution is -2.33. The first kappa shape index (κ1) is 16.1. The van der Waals surface area contributed by atoms with Gasteiger partial charge in [0, 0.05) is 6.04 Å². The molecule has 0 fully saturated rings. The highest BCUT2D eigenvalue weighted by Gasteiger charge is 2.18. The molecule has 2 N–H and O–H groups in total. The lowest BCUT2D eigenvalue weighted by molar-refractivity contribution is 0.293. The van der Waals surface area contributed by atoms with E-state index in [9.17, 15) is 8.42 Å². The Balaban J connectivity index is 2.37. The summed E-state index contributed by atoms with van der Waals surface area (Å²) in [6.07, 6.45) is 4.47. The molecule has 0 bridgehead atoms. The Kier molecular flexibility index (Phi) is 6.47. The monoisotopic (exact) mass is 288 g/mol. The van der Waals surface area contributed by atoms with Gasteiger partial charge in [0.2, 0.25) is 0 Å². The maximum absolute atomic E-state index is 11.9. The minimum Gasteiger partial charge on any atom is -0.335 e. The van der Waals surface area contributed by atoms with Crippen LogP contribution in [0.15, 0.2) is 17.6 Å². The molecule has 0 amide bonds. The summed E-state index contributed by atoms with van der Waals surface area (Å²) < 4.78 is 26.5. The normalized spacial score (nSPS) is 13.9. The Morgan fingerprint density at radius 1 is 1.42 bits per heavy atom. The van der Waals surface area contributed by atoms with Gasteiger partial charge in [0.15, 0.2) is 5.03 Å². The van der Waals surface area contributed by atoms with Crippen molar-refractivity contribution < 1.29 is 8.42 Å². The SMILES string of the molecule is CCN(CC)CCCC(C)NS(=O)(=O)c1cnc[nH]1. The van der Waals surface area contributed by atoms with Gasteiger partial charge in [0.05, 0.1) is 12.5 Å². The summed E-state index contributed by atoms with van der Waals surface area (Å²) in [5, 5.41) is 0.114. The predicted molar refractivity (Wildman–Crippen MR) is 75.4 cm³/mol. The summed E-state index contributed by atoms with van der Waals surface area (Å²) in [6, 6.07) is -0.0798. The quantitative estimate of drug-likeness (QED) is 0.715. The maximum atomic E-state index is 11.9. The third kappa shape index (κ3) is 5.30. The lowest BCUT2D eigenvalue weighted by atomic mass is 10.2. The van der Waals surface area contributed by atoms with Crippen LogP contribution in [0.3, 0.4) is 0 Å². The summed E-state index contributed by atoms with van der Waals surface area (Å²) >= 11 is 0. The molecule has 1 aromatic heterocycles. The van der Waals surface area contributed by atoms with E-state index >= 15 is 0 Å². The number of aromatic nitrogens is 2. The third-order valence-electron chi connectivity index (χ3n) is 3.12. The van der Waals surface area contributed by atoms with E-state index in [2.05, 4.69) is 33.4 Å². The number of hydrogen-bond donors (Lipinski definition) is 2. The zero-order chi connectivity index (χ0) is 14.3. The highest BCUT2D eigenvalue weighted by atomic mass is 32.2. The van der Waals surface area contributed by atoms with Crippen LogP contribution in [0.1, 0.15) is 33.6 Å². The number of H-pyrrole nitrogens is 1. The van der Waals surface area contributed by atoms with Crippen molar-refractivity contribution in [2.75, 3.05) is 19.6 Å². The maximum Gasteiger partial charge on any atom is 0.257 e. The molecule has 0 spiro atoms. The summed E-state index contributed by atoms with van der Waals surface area (Å²) in [6.45, 7) is 9.22. The van der Waals surface area contributed by atoms with Crippen LogP contribution in [0.4, 0.5) is 0 Å². The summed E-state index contributed by atoms with van der Waals surface area (Å²) in [4.78, 5) is 8.66. The van der Waals surface area contributed by atoms with Crippen molar-refractivity contribution in [1.82, 2.24) is 19.6 Å². The Bertz CT molecular complexity index is 440. The van der Waals surface area contributed by atoms with Gasteiger partial charge >= 0.3 is 0 Å². The van der Waals surface area contributed by atoms with Crippen LogP contribution in [0.5, 0.6) is 0 Å². The Labute approximate surface area is 115 Å². The number of aromatic amines is 1. The number of hydrogen-bond acceptors (Lipinski definition) is 4. The molecule has 0 aliphatic heterocycles. The molecule has 1 heterocycles. The van der Waals surface area contributed by atoms with E-state index in [4.69, 9.17) is 0 Å². The second-order valence-corrected chi connectivity index (χ2v) is 6.29.